The van der Waals surface area contributed by atoms with Crippen LogP contribution in [0.4, 0.5) is 0 Å². The van der Waals surface area contributed by atoms with E-state index in [4.69, 9.17) is 4.84 Å². The van der Waals surface area contributed by atoms with E-state index in [2.05, 4.69) is 54.2 Å². The number of nitrogens with one attached hydrogen (secondary N) is 1. The van der Waals surface area contributed by atoms with E-state index < -0.39 is 0 Å². The summed E-state index contributed by atoms with van der Waals surface area (Å²) < 4.78 is 0. The number of hydrogen-bond acceptors (Lipinski definition) is 3. The number of hydrogen-bond donors (Lipinski definition) is 1. The van der Waals surface area contributed by atoms with Crippen LogP contribution in [0.25, 0.3) is 0 Å². The fraction of sp³-hybridized carbons (Fsp3) is 0.429. The van der Waals surface area contributed by atoms with Gasteiger partial charge in [-0.25, -0.2) is 5.48 Å². The maximum atomic E-state index is 5.68. The maximum Gasteiger partial charge on any atom is 0.139 e. The Morgan fingerprint density at radius 2 is 2.18 bits per heavy atom. The van der Waals surface area contributed by atoms with Crippen LogP contribution in [-0.4, -0.2) is 11.5 Å². The van der Waals surface area contributed by atoms with Crippen LogP contribution in [0, 0.1) is 0 Å². The first-order valence-electron chi connectivity index (χ1n) is 6.06. The fourth-order valence-corrected chi connectivity index (χ4v) is 2.56. The molecule has 2 nitrogen and oxygen atoms in total. The molecule has 0 bridgehead atoms. The summed E-state index contributed by atoms with van der Waals surface area (Å²) in [7, 11) is 0. The number of thioether (sulfide) groups is 1. The molecule has 0 spiro atoms. The van der Waals surface area contributed by atoms with Crippen LogP contribution < -0.4 is 5.48 Å². The van der Waals surface area contributed by atoms with Crippen molar-refractivity contribution in [3.8, 4) is 0 Å². The molecule has 1 aromatic carbocycles. The second-order valence-electron chi connectivity index (χ2n) is 4.41. The molecule has 3 heteroatoms. The van der Waals surface area contributed by atoms with E-state index in [-0.39, 0.29) is 4.93 Å². The van der Waals surface area contributed by atoms with Gasteiger partial charge in [0.2, 0.25) is 0 Å². The Kier molecular flexibility index (Phi) is 4.66. The average Bonchev–Trinajstić information content (AvgIpc) is 2.77. The van der Waals surface area contributed by atoms with Crippen molar-refractivity contribution in [3.05, 3.63) is 47.4 Å². The van der Waals surface area contributed by atoms with E-state index in [0.717, 1.165) is 25.8 Å². The number of benzene rings is 1. The molecule has 92 valence electrons. The van der Waals surface area contributed by atoms with Crippen molar-refractivity contribution >= 4 is 11.8 Å². The molecule has 1 unspecified atom stereocenters. The maximum absolute atomic E-state index is 5.68. The second-order valence-corrected chi connectivity index (χ2v) is 5.78. The Balaban J connectivity index is 1.58. The predicted octanol–water partition coefficient (Wildman–Crippen LogP) is 3.51. The van der Waals surface area contributed by atoms with Gasteiger partial charge in [0, 0.05) is 13.0 Å². The number of aryl methyl sites for hydroxylation is 1. The van der Waals surface area contributed by atoms with Gasteiger partial charge in [-0.3, -0.25) is 4.84 Å². The summed E-state index contributed by atoms with van der Waals surface area (Å²) in [6, 6.07) is 10.6. The Bertz CT molecular complexity index is 356. The Morgan fingerprint density at radius 1 is 1.35 bits per heavy atom. The van der Waals surface area contributed by atoms with E-state index in [1.165, 1.54) is 5.56 Å². The number of rotatable bonds is 6. The molecule has 0 radical (unpaired) electrons. The highest BCUT2D eigenvalue weighted by Crippen LogP contribution is 2.36. The smallest absolute Gasteiger partial charge is 0.139 e. The van der Waals surface area contributed by atoms with Gasteiger partial charge in [0.15, 0.2) is 0 Å². The molecule has 0 aromatic heterocycles. The molecule has 1 aromatic rings. The first kappa shape index (κ1) is 12.7. The molecule has 0 saturated heterocycles. The highest BCUT2D eigenvalue weighted by atomic mass is 32.2. The average molecular weight is 249 g/mol. The first-order chi connectivity index (χ1) is 8.29. The normalized spacial score (nSPS) is 23.1. The molecule has 0 fully saturated rings. The Labute approximate surface area is 107 Å². The van der Waals surface area contributed by atoms with Crippen molar-refractivity contribution in [1.29, 1.82) is 0 Å². The highest BCUT2D eigenvalue weighted by molar-refractivity contribution is 8.03. The molecule has 1 N–H and O–H groups in total. The first-order valence-corrected chi connectivity index (χ1v) is 6.94. The van der Waals surface area contributed by atoms with Crippen LogP contribution in [0.3, 0.4) is 0 Å². The lowest BCUT2D eigenvalue weighted by molar-refractivity contribution is -0.0340. The van der Waals surface area contributed by atoms with Gasteiger partial charge in [0.05, 0.1) is 0 Å². The molecular formula is C14H19NOS. The van der Waals surface area contributed by atoms with Crippen LogP contribution in [0.15, 0.2) is 41.8 Å². The summed E-state index contributed by atoms with van der Waals surface area (Å²) >= 11 is 1.73. The van der Waals surface area contributed by atoms with Crippen LogP contribution in [0.5, 0.6) is 0 Å². The summed E-state index contributed by atoms with van der Waals surface area (Å²) in [5.74, 6) is 0. The van der Waals surface area contributed by atoms with Gasteiger partial charge in [-0.05, 0) is 30.7 Å². The topological polar surface area (TPSA) is 21.3 Å². The molecule has 1 aliphatic heterocycles. The third kappa shape index (κ3) is 4.19. The van der Waals surface area contributed by atoms with Gasteiger partial charge in [-0.15, -0.1) is 0 Å². The van der Waals surface area contributed by atoms with Crippen molar-refractivity contribution in [2.24, 2.45) is 0 Å². The van der Waals surface area contributed by atoms with Crippen LogP contribution in [-0.2, 0) is 11.3 Å². The molecule has 17 heavy (non-hydrogen) atoms. The van der Waals surface area contributed by atoms with Gasteiger partial charge >= 0.3 is 0 Å². The van der Waals surface area contributed by atoms with Crippen molar-refractivity contribution in [3.63, 3.8) is 0 Å². The van der Waals surface area contributed by atoms with Crippen molar-refractivity contribution in [2.45, 2.75) is 31.1 Å². The summed E-state index contributed by atoms with van der Waals surface area (Å²) in [6.45, 7) is 3.01. The van der Waals surface area contributed by atoms with Crippen LogP contribution in [0.1, 0.15) is 25.3 Å². The fourth-order valence-electron chi connectivity index (χ4n) is 1.78. The number of hydroxylamine groups is 1. The zero-order valence-electron chi connectivity index (χ0n) is 10.2. The Hall–Kier alpha value is -0.770. The molecule has 0 amide bonds. The lowest BCUT2D eigenvalue weighted by Crippen LogP contribution is -2.30. The second kappa shape index (κ2) is 6.24. The minimum absolute atomic E-state index is 0.104. The van der Waals surface area contributed by atoms with Gasteiger partial charge in [-0.1, -0.05) is 48.2 Å². The SMILES string of the molecule is CC1(ONCCCc2ccccc2)CC=CS1. The van der Waals surface area contributed by atoms with Crippen molar-refractivity contribution in [2.75, 3.05) is 6.54 Å². The van der Waals surface area contributed by atoms with Gasteiger partial charge in [-0.2, -0.15) is 0 Å². The summed E-state index contributed by atoms with van der Waals surface area (Å²) in [4.78, 5) is 5.57. The van der Waals surface area contributed by atoms with E-state index in [9.17, 15) is 0 Å². The zero-order valence-corrected chi connectivity index (χ0v) is 11.0. The lowest BCUT2D eigenvalue weighted by Gasteiger charge is -2.22. The van der Waals surface area contributed by atoms with Gasteiger partial charge in [0.25, 0.3) is 0 Å². The van der Waals surface area contributed by atoms with Crippen molar-refractivity contribution < 1.29 is 4.84 Å². The third-order valence-corrected chi connectivity index (χ3v) is 3.85. The summed E-state index contributed by atoms with van der Waals surface area (Å²) in [5.41, 5.74) is 4.46. The minimum atomic E-state index is -0.104. The molecule has 0 saturated carbocycles. The molecule has 1 heterocycles. The monoisotopic (exact) mass is 249 g/mol. The van der Waals surface area contributed by atoms with E-state index in [0.29, 0.717) is 0 Å². The van der Waals surface area contributed by atoms with E-state index >= 15 is 0 Å². The van der Waals surface area contributed by atoms with E-state index in [1.807, 2.05) is 0 Å². The molecule has 1 aliphatic rings. The van der Waals surface area contributed by atoms with Gasteiger partial charge < -0.3 is 0 Å². The highest BCUT2D eigenvalue weighted by Gasteiger charge is 2.27. The summed E-state index contributed by atoms with van der Waals surface area (Å²) in [5, 5.41) is 2.10. The molecule has 1 atom stereocenters. The molecule has 0 aliphatic carbocycles. The third-order valence-electron chi connectivity index (χ3n) is 2.78. The zero-order chi connectivity index (χ0) is 12.0. The molecular weight excluding hydrogens is 230 g/mol. The van der Waals surface area contributed by atoms with E-state index in [1.54, 1.807) is 11.8 Å². The molecule has 2 rings (SSSR count). The summed E-state index contributed by atoms with van der Waals surface area (Å²) in [6.07, 6.45) is 5.32. The van der Waals surface area contributed by atoms with Crippen LogP contribution in [0.2, 0.25) is 0 Å². The lowest BCUT2D eigenvalue weighted by atomic mass is 10.1. The largest absolute Gasteiger partial charge is 0.284 e. The van der Waals surface area contributed by atoms with Crippen LogP contribution >= 0.6 is 11.8 Å². The van der Waals surface area contributed by atoms with Crippen molar-refractivity contribution in [1.82, 2.24) is 5.48 Å². The van der Waals surface area contributed by atoms with Gasteiger partial charge in [0.1, 0.15) is 4.93 Å². The predicted molar refractivity (Wildman–Crippen MR) is 73.6 cm³/mol. The Morgan fingerprint density at radius 3 is 2.88 bits per heavy atom. The standard InChI is InChI=1S/C14H19NOS/c1-14(10-6-12-17-14)16-15-11-5-9-13-7-3-2-4-8-13/h2-4,6-8,12,15H,5,9-11H2,1H3. The quantitative estimate of drug-likeness (QED) is 0.616. The minimum Gasteiger partial charge on any atom is -0.284 e.